The topological polar surface area (TPSA) is 32.3 Å². The molecule has 0 radical (unpaired) electrons. The molecular weight excluding hydrogens is 256 g/mol. The fraction of sp³-hybridized carbons (Fsp3) is 0.583. The van der Waals surface area contributed by atoms with Crippen LogP contribution in [0.2, 0.25) is 5.02 Å². The molecule has 1 aromatic heterocycles. The summed E-state index contributed by atoms with van der Waals surface area (Å²) in [5.41, 5.74) is 0. The van der Waals surface area contributed by atoms with Gasteiger partial charge in [0.1, 0.15) is 4.88 Å². The highest BCUT2D eigenvalue weighted by Gasteiger charge is 2.23. The van der Waals surface area contributed by atoms with Crippen molar-refractivity contribution in [2.75, 3.05) is 19.6 Å². The minimum atomic E-state index is 0.0567. The smallest absolute Gasteiger partial charge is 0.265 e. The van der Waals surface area contributed by atoms with E-state index in [1.54, 1.807) is 6.07 Å². The molecule has 1 saturated heterocycles. The van der Waals surface area contributed by atoms with Gasteiger partial charge in [0.25, 0.3) is 5.91 Å². The minimum absolute atomic E-state index is 0.0567. The zero-order valence-corrected chi connectivity index (χ0v) is 11.5. The Morgan fingerprint density at radius 3 is 3.06 bits per heavy atom. The molecule has 2 rings (SSSR count). The molecule has 1 aliphatic rings. The molecule has 1 aliphatic heterocycles. The number of likely N-dealkylation sites (N-methyl/N-ethyl adjacent to an activating group) is 1. The molecule has 0 bridgehead atoms. The molecule has 94 valence electrons. The number of carbonyl (C=O) groups excluding carboxylic acids is 1. The fourth-order valence-corrected chi connectivity index (χ4v) is 3.23. The molecule has 1 aromatic rings. The molecular formula is C12H17ClN2OS. The fourth-order valence-electron chi connectivity index (χ4n) is 2.12. The van der Waals surface area contributed by atoms with E-state index >= 15 is 0 Å². The molecule has 2 heterocycles. The van der Waals surface area contributed by atoms with Crippen LogP contribution in [0, 0.1) is 0 Å². The van der Waals surface area contributed by atoms with Gasteiger partial charge in [-0.2, -0.15) is 0 Å². The first-order chi connectivity index (χ1) is 8.22. The average molecular weight is 273 g/mol. The summed E-state index contributed by atoms with van der Waals surface area (Å²) in [5, 5.41) is 5.84. The summed E-state index contributed by atoms with van der Waals surface area (Å²) in [4.78, 5) is 14.8. The summed E-state index contributed by atoms with van der Waals surface area (Å²) < 4.78 is 0. The van der Waals surface area contributed by atoms with Crippen LogP contribution < -0.4 is 5.32 Å². The van der Waals surface area contributed by atoms with Gasteiger partial charge in [0.15, 0.2) is 0 Å². The summed E-state index contributed by atoms with van der Waals surface area (Å²) in [7, 11) is 0. The number of hydrogen-bond acceptors (Lipinski definition) is 3. The van der Waals surface area contributed by atoms with Crippen molar-refractivity contribution in [1.29, 1.82) is 0 Å². The van der Waals surface area contributed by atoms with Crippen molar-refractivity contribution >= 4 is 28.8 Å². The maximum absolute atomic E-state index is 12.3. The van der Waals surface area contributed by atoms with Crippen molar-refractivity contribution in [2.24, 2.45) is 0 Å². The first-order valence-corrected chi connectivity index (χ1v) is 7.23. The summed E-state index contributed by atoms with van der Waals surface area (Å²) in [6, 6.07) is 2.22. The Bertz CT molecular complexity index is 388. The van der Waals surface area contributed by atoms with Gasteiger partial charge in [0.2, 0.25) is 0 Å². The van der Waals surface area contributed by atoms with Gasteiger partial charge in [0, 0.05) is 19.1 Å². The Morgan fingerprint density at radius 2 is 2.53 bits per heavy atom. The van der Waals surface area contributed by atoms with Crippen molar-refractivity contribution in [3.8, 4) is 0 Å². The normalized spacial score (nSPS) is 19.5. The van der Waals surface area contributed by atoms with Gasteiger partial charge in [-0.3, -0.25) is 4.79 Å². The number of nitrogens with one attached hydrogen (secondary N) is 1. The zero-order valence-electron chi connectivity index (χ0n) is 9.91. The van der Waals surface area contributed by atoms with E-state index in [4.69, 9.17) is 11.6 Å². The largest absolute Gasteiger partial charge is 0.337 e. The molecule has 1 atom stereocenters. The number of halogens is 1. The zero-order chi connectivity index (χ0) is 12.3. The van der Waals surface area contributed by atoms with E-state index in [0.717, 1.165) is 26.1 Å². The number of thiophene rings is 1. The third-order valence-electron chi connectivity index (χ3n) is 3.08. The molecule has 0 spiro atoms. The van der Waals surface area contributed by atoms with Crippen molar-refractivity contribution < 1.29 is 4.79 Å². The number of rotatable bonds is 4. The molecule has 1 amide bonds. The molecule has 3 nitrogen and oxygen atoms in total. The predicted molar refractivity (Wildman–Crippen MR) is 71.9 cm³/mol. The lowest BCUT2D eigenvalue weighted by Crippen LogP contribution is -2.40. The predicted octanol–water partition coefficient (Wildman–Crippen LogP) is 2.62. The van der Waals surface area contributed by atoms with Crippen LogP contribution in [0.5, 0.6) is 0 Å². The Morgan fingerprint density at radius 1 is 1.71 bits per heavy atom. The molecule has 1 N–H and O–H groups in total. The maximum atomic E-state index is 12.3. The lowest BCUT2D eigenvalue weighted by molar-refractivity contribution is 0.0756. The van der Waals surface area contributed by atoms with E-state index in [2.05, 4.69) is 5.32 Å². The number of amides is 1. The second-order valence-electron chi connectivity index (χ2n) is 4.23. The minimum Gasteiger partial charge on any atom is -0.337 e. The lowest BCUT2D eigenvalue weighted by Gasteiger charge is -2.24. The highest BCUT2D eigenvalue weighted by molar-refractivity contribution is 7.12. The van der Waals surface area contributed by atoms with Crippen LogP contribution in [0.4, 0.5) is 0 Å². The van der Waals surface area contributed by atoms with Crippen LogP contribution in [0.25, 0.3) is 0 Å². The Labute approximate surface area is 111 Å². The maximum Gasteiger partial charge on any atom is 0.265 e. The standard InChI is InChI=1S/C12H17ClN2OS/c1-2-15(8-9-4-3-6-14-9)12(16)11-10(13)5-7-17-11/h5,7,9,14H,2-4,6,8H2,1H3. The van der Waals surface area contributed by atoms with Gasteiger partial charge >= 0.3 is 0 Å². The first-order valence-electron chi connectivity index (χ1n) is 5.98. The number of carbonyl (C=O) groups is 1. The average Bonchev–Trinajstić information content (AvgIpc) is 2.96. The van der Waals surface area contributed by atoms with E-state index in [9.17, 15) is 4.79 Å². The van der Waals surface area contributed by atoms with E-state index in [-0.39, 0.29) is 5.91 Å². The summed E-state index contributed by atoms with van der Waals surface area (Å²) in [6.45, 7) is 4.58. The Kier molecular flexibility index (Phi) is 4.42. The second kappa shape index (κ2) is 5.85. The Balaban J connectivity index is 2.02. The third kappa shape index (κ3) is 3.00. The monoisotopic (exact) mass is 272 g/mol. The quantitative estimate of drug-likeness (QED) is 0.914. The second-order valence-corrected chi connectivity index (χ2v) is 5.56. The SMILES string of the molecule is CCN(CC1CCCN1)C(=O)c1sccc1Cl. The van der Waals surface area contributed by atoms with Crippen LogP contribution >= 0.6 is 22.9 Å². The molecule has 1 unspecified atom stereocenters. The third-order valence-corrected chi connectivity index (χ3v) is 4.41. The first kappa shape index (κ1) is 12.9. The van der Waals surface area contributed by atoms with E-state index in [1.165, 1.54) is 17.8 Å². The molecule has 1 fully saturated rings. The van der Waals surface area contributed by atoms with Crippen LogP contribution in [0.1, 0.15) is 29.4 Å². The van der Waals surface area contributed by atoms with Crippen molar-refractivity contribution in [1.82, 2.24) is 10.2 Å². The summed E-state index contributed by atoms with van der Waals surface area (Å²) in [5.74, 6) is 0.0567. The van der Waals surface area contributed by atoms with Crippen LogP contribution in [0.15, 0.2) is 11.4 Å². The molecule has 0 aliphatic carbocycles. The van der Waals surface area contributed by atoms with Gasteiger partial charge in [-0.05, 0) is 37.8 Å². The van der Waals surface area contributed by atoms with Crippen molar-refractivity contribution in [2.45, 2.75) is 25.8 Å². The molecule has 0 aromatic carbocycles. The van der Waals surface area contributed by atoms with E-state index in [1.807, 2.05) is 17.2 Å². The molecule has 0 saturated carbocycles. The summed E-state index contributed by atoms with van der Waals surface area (Å²) >= 11 is 7.42. The molecule has 5 heteroatoms. The highest BCUT2D eigenvalue weighted by Crippen LogP contribution is 2.24. The van der Waals surface area contributed by atoms with E-state index in [0.29, 0.717) is 15.9 Å². The number of hydrogen-bond donors (Lipinski definition) is 1. The van der Waals surface area contributed by atoms with Crippen molar-refractivity contribution in [3.63, 3.8) is 0 Å². The van der Waals surface area contributed by atoms with Crippen LogP contribution in [-0.4, -0.2) is 36.5 Å². The summed E-state index contributed by atoms with van der Waals surface area (Å²) in [6.07, 6.45) is 2.36. The van der Waals surface area contributed by atoms with Crippen molar-refractivity contribution in [3.05, 3.63) is 21.3 Å². The van der Waals surface area contributed by atoms with Crippen LogP contribution in [0.3, 0.4) is 0 Å². The van der Waals surface area contributed by atoms with Gasteiger partial charge in [-0.15, -0.1) is 11.3 Å². The van der Waals surface area contributed by atoms with Gasteiger partial charge in [0.05, 0.1) is 5.02 Å². The van der Waals surface area contributed by atoms with Gasteiger partial charge in [-0.1, -0.05) is 11.6 Å². The van der Waals surface area contributed by atoms with Gasteiger partial charge < -0.3 is 10.2 Å². The van der Waals surface area contributed by atoms with Crippen LogP contribution in [-0.2, 0) is 0 Å². The number of nitrogens with zero attached hydrogens (tertiary/aromatic N) is 1. The van der Waals surface area contributed by atoms with E-state index < -0.39 is 0 Å². The lowest BCUT2D eigenvalue weighted by atomic mass is 10.2. The highest BCUT2D eigenvalue weighted by atomic mass is 35.5. The Hall–Kier alpha value is -0.580. The molecule has 17 heavy (non-hydrogen) atoms. The van der Waals surface area contributed by atoms with Gasteiger partial charge in [-0.25, -0.2) is 0 Å².